The van der Waals surface area contributed by atoms with Gasteiger partial charge in [-0.15, -0.1) is 0 Å². The van der Waals surface area contributed by atoms with Crippen LogP contribution < -0.4 is 0 Å². The summed E-state index contributed by atoms with van der Waals surface area (Å²) in [5.74, 6) is 0. The second-order valence-corrected chi connectivity index (χ2v) is 3.28. The lowest BCUT2D eigenvalue weighted by Gasteiger charge is -2.43. The van der Waals surface area contributed by atoms with E-state index in [1.807, 2.05) is 0 Å². The Morgan fingerprint density at radius 3 is 2.62 bits per heavy atom. The van der Waals surface area contributed by atoms with Crippen LogP contribution in [0.2, 0.25) is 0 Å². The molecule has 0 aromatic carbocycles. The van der Waals surface area contributed by atoms with E-state index in [-0.39, 0.29) is 0 Å². The number of quaternary nitrogens is 1. The maximum Gasteiger partial charge on any atom is 0.114 e. The summed E-state index contributed by atoms with van der Waals surface area (Å²) in [5.41, 5.74) is 1.69. The van der Waals surface area contributed by atoms with E-state index < -0.39 is 0 Å². The molecule has 1 heteroatoms. The number of fused-ring (bicyclic) bond motifs is 1. The predicted octanol–water partition coefficient (Wildman–Crippen LogP) is 0.775. The predicted molar refractivity (Wildman–Crippen MR) is 33.5 cm³/mol. The van der Waals surface area contributed by atoms with Crippen LogP contribution in [0.3, 0.4) is 0 Å². The van der Waals surface area contributed by atoms with Gasteiger partial charge in [0.2, 0.25) is 0 Å². The maximum atomic E-state index is 2.39. The minimum atomic E-state index is 0.856. The zero-order chi connectivity index (χ0) is 5.78. The van der Waals surface area contributed by atoms with Crippen molar-refractivity contribution in [3.05, 3.63) is 11.6 Å². The molecule has 0 saturated carbocycles. The average molecular weight is 110 g/mol. The van der Waals surface area contributed by atoms with Crippen LogP contribution in [0, 0.1) is 0 Å². The van der Waals surface area contributed by atoms with Gasteiger partial charge < -0.3 is 4.48 Å². The summed E-state index contributed by atoms with van der Waals surface area (Å²) < 4.78 is 1.29. The molecule has 0 aromatic rings. The Balaban J connectivity index is 2.34. The molecule has 0 aromatic heterocycles. The Bertz CT molecular complexity index is 156. The first-order valence-corrected chi connectivity index (χ1v) is 3.25. The molecule has 3 rings (SSSR count). The molecule has 1 nitrogen and oxygen atoms in total. The van der Waals surface area contributed by atoms with Gasteiger partial charge in [0.05, 0.1) is 13.6 Å². The van der Waals surface area contributed by atoms with E-state index in [0.29, 0.717) is 0 Å². The lowest BCUT2D eigenvalue weighted by Crippen LogP contribution is -2.57. The van der Waals surface area contributed by atoms with Crippen molar-refractivity contribution in [3.63, 3.8) is 0 Å². The normalized spacial score (nSPS) is 50.8. The summed E-state index contributed by atoms with van der Waals surface area (Å²) in [6, 6.07) is 0.856. The third kappa shape index (κ3) is 0.294. The number of hydrogen-bond acceptors (Lipinski definition) is 0. The van der Waals surface area contributed by atoms with Crippen LogP contribution in [-0.2, 0) is 0 Å². The van der Waals surface area contributed by atoms with Crippen molar-refractivity contribution in [2.24, 2.45) is 0 Å². The molecular weight excluding hydrogens is 98.1 g/mol. The second-order valence-electron chi connectivity index (χ2n) is 3.28. The highest BCUT2D eigenvalue weighted by Gasteiger charge is 2.48. The fourth-order valence-electron chi connectivity index (χ4n) is 1.76. The Morgan fingerprint density at radius 1 is 1.75 bits per heavy atom. The maximum absolute atomic E-state index is 2.39. The lowest BCUT2D eigenvalue weighted by molar-refractivity contribution is -0.937. The molecule has 1 saturated heterocycles. The van der Waals surface area contributed by atoms with E-state index in [1.165, 1.54) is 17.6 Å². The summed E-state index contributed by atoms with van der Waals surface area (Å²) in [4.78, 5) is 0. The van der Waals surface area contributed by atoms with Crippen molar-refractivity contribution in [1.29, 1.82) is 0 Å². The molecule has 8 heavy (non-hydrogen) atoms. The zero-order valence-corrected chi connectivity index (χ0v) is 5.52. The van der Waals surface area contributed by atoms with Gasteiger partial charge in [-0.05, 0) is 13.0 Å². The zero-order valence-electron chi connectivity index (χ0n) is 5.52. The average Bonchev–Trinajstić information content (AvgIpc) is 2.21. The van der Waals surface area contributed by atoms with Gasteiger partial charge in [-0.3, -0.25) is 0 Å². The van der Waals surface area contributed by atoms with Crippen molar-refractivity contribution in [2.75, 3.05) is 20.1 Å². The van der Waals surface area contributed by atoms with Crippen LogP contribution in [0.15, 0.2) is 11.6 Å². The van der Waals surface area contributed by atoms with Crippen LogP contribution in [0.25, 0.3) is 0 Å². The van der Waals surface area contributed by atoms with Gasteiger partial charge >= 0.3 is 0 Å². The first-order valence-electron chi connectivity index (χ1n) is 3.25. The van der Waals surface area contributed by atoms with E-state index in [9.17, 15) is 0 Å². The Hall–Kier alpha value is -0.300. The summed E-state index contributed by atoms with van der Waals surface area (Å²) in [7, 11) is 2.33. The van der Waals surface area contributed by atoms with E-state index >= 15 is 0 Å². The number of likely N-dealkylation sites (N-methyl/N-ethyl adjacent to an activating group) is 1. The fourth-order valence-corrected chi connectivity index (χ4v) is 1.76. The quantitative estimate of drug-likeness (QED) is 0.319. The van der Waals surface area contributed by atoms with Crippen molar-refractivity contribution >= 4 is 0 Å². The van der Waals surface area contributed by atoms with Crippen LogP contribution in [0.4, 0.5) is 0 Å². The van der Waals surface area contributed by atoms with Crippen LogP contribution in [-0.4, -0.2) is 30.7 Å². The number of hydrogen-bond donors (Lipinski definition) is 0. The van der Waals surface area contributed by atoms with Gasteiger partial charge in [0.25, 0.3) is 0 Å². The highest BCUT2D eigenvalue weighted by molar-refractivity contribution is 5.20. The van der Waals surface area contributed by atoms with Gasteiger partial charge in [0, 0.05) is 5.57 Å². The molecule has 0 amide bonds. The number of rotatable bonds is 0. The molecule has 2 unspecified atom stereocenters. The Kier molecular flexibility index (Phi) is 0.575. The SMILES string of the molecule is CC1C2=CC[N+]1(C)C2. The highest BCUT2D eigenvalue weighted by atomic mass is 15.4. The molecule has 44 valence electrons. The third-order valence-corrected chi connectivity index (χ3v) is 2.79. The van der Waals surface area contributed by atoms with Crippen molar-refractivity contribution in [2.45, 2.75) is 13.0 Å². The summed E-state index contributed by atoms with van der Waals surface area (Å²) >= 11 is 0. The molecule has 0 N–H and O–H groups in total. The van der Waals surface area contributed by atoms with E-state index in [0.717, 1.165) is 6.04 Å². The fraction of sp³-hybridized carbons (Fsp3) is 0.714. The van der Waals surface area contributed by atoms with Crippen molar-refractivity contribution in [1.82, 2.24) is 0 Å². The second kappa shape index (κ2) is 1.01. The minimum absolute atomic E-state index is 0.856. The van der Waals surface area contributed by atoms with Gasteiger partial charge in [0.15, 0.2) is 0 Å². The molecule has 2 bridgehead atoms. The Labute approximate surface area is 50.2 Å². The lowest BCUT2D eigenvalue weighted by atomic mass is 10.0. The molecule has 1 fully saturated rings. The summed E-state index contributed by atoms with van der Waals surface area (Å²) in [6.45, 7) is 4.94. The smallest absolute Gasteiger partial charge is 0.114 e. The van der Waals surface area contributed by atoms with Gasteiger partial charge in [0.1, 0.15) is 12.6 Å². The number of nitrogens with zero attached hydrogens (tertiary/aromatic N) is 1. The van der Waals surface area contributed by atoms with Crippen LogP contribution in [0.1, 0.15) is 6.92 Å². The van der Waals surface area contributed by atoms with Gasteiger partial charge in [-0.25, -0.2) is 0 Å². The van der Waals surface area contributed by atoms with E-state index in [1.54, 1.807) is 5.57 Å². The monoisotopic (exact) mass is 110 g/mol. The van der Waals surface area contributed by atoms with Crippen LogP contribution in [0.5, 0.6) is 0 Å². The molecular formula is C7H12N+. The van der Waals surface area contributed by atoms with Gasteiger partial charge in [-0.2, -0.15) is 0 Å². The van der Waals surface area contributed by atoms with Crippen LogP contribution >= 0.6 is 0 Å². The van der Waals surface area contributed by atoms with Gasteiger partial charge in [-0.1, -0.05) is 0 Å². The molecule has 3 heterocycles. The molecule has 3 aliphatic heterocycles. The molecule has 0 aliphatic carbocycles. The molecule has 2 atom stereocenters. The topological polar surface area (TPSA) is 0 Å². The first kappa shape index (κ1) is 4.57. The first-order chi connectivity index (χ1) is 3.72. The minimum Gasteiger partial charge on any atom is -0.313 e. The largest absolute Gasteiger partial charge is 0.313 e. The standard InChI is InChI=1S/C7H12N/c1-6-7-3-4-8(6,2)5-7/h3,6H,4-5H2,1-2H3/q+1. The Morgan fingerprint density at radius 2 is 2.50 bits per heavy atom. The molecule has 0 radical (unpaired) electrons. The summed E-state index contributed by atoms with van der Waals surface area (Å²) in [6.07, 6.45) is 2.39. The molecule has 0 spiro atoms. The van der Waals surface area contributed by atoms with E-state index in [4.69, 9.17) is 0 Å². The van der Waals surface area contributed by atoms with Crippen molar-refractivity contribution < 1.29 is 4.48 Å². The molecule has 3 aliphatic rings. The highest BCUT2D eigenvalue weighted by Crippen LogP contribution is 2.36. The third-order valence-electron chi connectivity index (χ3n) is 2.79. The van der Waals surface area contributed by atoms with Crippen molar-refractivity contribution in [3.8, 4) is 0 Å². The summed E-state index contributed by atoms with van der Waals surface area (Å²) in [5, 5.41) is 0. The van der Waals surface area contributed by atoms with E-state index in [2.05, 4.69) is 20.0 Å².